The first-order valence-electron chi connectivity index (χ1n) is 8.10. The van der Waals surface area contributed by atoms with Crippen LogP contribution >= 0.6 is 11.3 Å². The number of carbonyl (C=O) groups is 2. The van der Waals surface area contributed by atoms with E-state index in [4.69, 9.17) is 9.84 Å². The molecule has 1 aromatic carbocycles. The number of aromatic nitrogens is 1. The molecule has 132 valence electrons. The third-order valence-corrected chi connectivity index (χ3v) is 5.29. The molecule has 2 heterocycles. The van der Waals surface area contributed by atoms with Gasteiger partial charge in [0.1, 0.15) is 5.01 Å². The molecule has 0 radical (unpaired) electrons. The van der Waals surface area contributed by atoms with Crippen molar-refractivity contribution in [1.82, 2.24) is 9.88 Å². The van der Waals surface area contributed by atoms with Gasteiger partial charge in [0, 0.05) is 30.6 Å². The number of hydrogen-bond donors (Lipinski definition) is 1. The lowest BCUT2D eigenvalue weighted by Gasteiger charge is -2.22. The van der Waals surface area contributed by atoms with E-state index in [0.29, 0.717) is 18.7 Å². The van der Waals surface area contributed by atoms with Crippen LogP contribution in [0.25, 0.3) is 10.6 Å². The number of methoxy groups -OCH3 is 1. The second-order valence-electron chi connectivity index (χ2n) is 6.08. The van der Waals surface area contributed by atoms with Crippen molar-refractivity contribution >= 4 is 23.2 Å². The zero-order valence-electron chi connectivity index (χ0n) is 13.9. The van der Waals surface area contributed by atoms with Crippen molar-refractivity contribution in [2.45, 2.75) is 31.4 Å². The van der Waals surface area contributed by atoms with Crippen LogP contribution in [-0.4, -0.2) is 52.7 Å². The minimum Gasteiger partial charge on any atom is -0.481 e. The molecular weight excluding hydrogens is 340 g/mol. The molecule has 2 aromatic rings. The number of aliphatic carboxylic acids is 1. The van der Waals surface area contributed by atoms with Crippen LogP contribution in [0.15, 0.2) is 35.7 Å². The largest absolute Gasteiger partial charge is 0.481 e. The van der Waals surface area contributed by atoms with Gasteiger partial charge in [0.15, 0.2) is 0 Å². The second kappa shape index (κ2) is 7.76. The predicted molar refractivity (Wildman–Crippen MR) is 94.4 cm³/mol. The Morgan fingerprint density at radius 1 is 1.36 bits per heavy atom. The molecule has 1 N–H and O–H groups in total. The molecule has 1 aliphatic rings. The summed E-state index contributed by atoms with van der Waals surface area (Å²) < 4.78 is 5.32. The van der Waals surface area contributed by atoms with Gasteiger partial charge in [0.05, 0.1) is 24.6 Å². The normalized spacial score (nSPS) is 20.0. The molecular formula is C18H20N2O4S. The van der Waals surface area contributed by atoms with E-state index >= 15 is 0 Å². The summed E-state index contributed by atoms with van der Waals surface area (Å²) in [6, 6.07) is 9.50. The standard InChI is InChI=1S/C18H20N2O4S/c1-24-15-8-14(9-17(22)23)20(10-15)16(21)7-13-11-25-18(19-13)12-5-3-2-4-6-12/h2-6,11,14-15H,7-10H2,1H3,(H,22,23). The van der Waals surface area contributed by atoms with Gasteiger partial charge in [-0.25, -0.2) is 4.98 Å². The van der Waals surface area contributed by atoms with Crippen LogP contribution in [0.1, 0.15) is 18.5 Å². The zero-order chi connectivity index (χ0) is 17.8. The molecule has 2 unspecified atom stereocenters. The Morgan fingerprint density at radius 3 is 2.80 bits per heavy atom. The van der Waals surface area contributed by atoms with Crippen molar-refractivity contribution in [1.29, 1.82) is 0 Å². The summed E-state index contributed by atoms with van der Waals surface area (Å²) in [4.78, 5) is 29.9. The minimum absolute atomic E-state index is 0.0576. The number of carboxylic acid groups (broad SMARTS) is 1. The van der Waals surface area contributed by atoms with Gasteiger partial charge in [-0.2, -0.15) is 0 Å². The van der Waals surface area contributed by atoms with Gasteiger partial charge in [-0.05, 0) is 6.42 Å². The average molecular weight is 360 g/mol. The number of nitrogens with zero attached hydrogens (tertiary/aromatic N) is 2. The molecule has 6 nitrogen and oxygen atoms in total. The Morgan fingerprint density at radius 2 is 2.12 bits per heavy atom. The van der Waals surface area contributed by atoms with Crippen LogP contribution in [0.2, 0.25) is 0 Å². The van der Waals surface area contributed by atoms with E-state index in [9.17, 15) is 9.59 Å². The molecule has 0 bridgehead atoms. The van der Waals surface area contributed by atoms with Gasteiger partial charge >= 0.3 is 5.97 Å². The van der Waals surface area contributed by atoms with Crippen LogP contribution in [0, 0.1) is 0 Å². The van der Waals surface area contributed by atoms with E-state index in [1.165, 1.54) is 11.3 Å². The smallest absolute Gasteiger partial charge is 0.305 e. The molecule has 1 aliphatic heterocycles. The van der Waals surface area contributed by atoms with Gasteiger partial charge in [-0.1, -0.05) is 30.3 Å². The molecule has 3 rings (SSSR count). The monoisotopic (exact) mass is 360 g/mol. The quantitative estimate of drug-likeness (QED) is 0.856. The summed E-state index contributed by atoms with van der Waals surface area (Å²) in [5.41, 5.74) is 1.74. The van der Waals surface area contributed by atoms with Crippen molar-refractivity contribution in [2.24, 2.45) is 0 Å². The van der Waals surface area contributed by atoms with E-state index in [1.807, 2.05) is 35.7 Å². The molecule has 2 atom stereocenters. The summed E-state index contributed by atoms with van der Waals surface area (Å²) in [5, 5.41) is 11.8. The van der Waals surface area contributed by atoms with E-state index in [-0.39, 0.29) is 30.9 Å². The predicted octanol–water partition coefficient (Wildman–Crippen LogP) is 2.44. The summed E-state index contributed by atoms with van der Waals surface area (Å²) in [6.07, 6.45) is 0.568. The first kappa shape index (κ1) is 17.6. The lowest BCUT2D eigenvalue weighted by molar-refractivity contribution is -0.139. The van der Waals surface area contributed by atoms with Crippen LogP contribution in [0.3, 0.4) is 0 Å². The third kappa shape index (κ3) is 4.24. The van der Waals surface area contributed by atoms with Crippen LogP contribution in [0.4, 0.5) is 0 Å². The number of rotatable bonds is 6. The fourth-order valence-electron chi connectivity index (χ4n) is 3.10. The topological polar surface area (TPSA) is 79.7 Å². The van der Waals surface area contributed by atoms with E-state index < -0.39 is 5.97 Å². The maximum absolute atomic E-state index is 12.7. The molecule has 1 fully saturated rings. The molecule has 7 heteroatoms. The Balaban J connectivity index is 1.69. The van der Waals surface area contributed by atoms with Crippen molar-refractivity contribution in [3.8, 4) is 10.6 Å². The lowest BCUT2D eigenvalue weighted by atomic mass is 10.1. The molecule has 1 aromatic heterocycles. The number of carbonyl (C=O) groups excluding carboxylic acids is 1. The highest BCUT2D eigenvalue weighted by Gasteiger charge is 2.36. The number of benzene rings is 1. The lowest BCUT2D eigenvalue weighted by Crippen LogP contribution is -2.38. The number of likely N-dealkylation sites (tertiary alicyclic amines) is 1. The van der Waals surface area contributed by atoms with E-state index in [2.05, 4.69) is 4.98 Å². The van der Waals surface area contributed by atoms with Gasteiger partial charge < -0.3 is 14.7 Å². The Kier molecular flexibility index (Phi) is 5.45. The molecule has 0 aliphatic carbocycles. The van der Waals surface area contributed by atoms with Crippen LogP contribution in [-0.2, 0) is 20.7 Å². The van der Waals surface area contributed by atoms with Gasteiger partial charge in [-0.15, -0.1) is 11.3 Å². The highest BCUT2D eigenvalue weighted by atomic mass is 32.1. The summed E-state index contributed by atoms with van der Waals surface area (Å²) in [5.74, 6) is -1.00. The molecule has 1 saturated heterocycles. The third-order valence-electron chi connectivity index (χ3n) is 4.34. The average Bonchev–Trinajstić information content (AvgIpc) is 3.22. The maximum Gasteiger partial charge on any atom is 0.305 e. The second-order valence-corrected chi connectivity index (χ2v) is 6.94. The van der Waals surface area contributed by atoms with Crippen molar-refractivity contribution in [2.75, 3.05) is 13.7 Å². The summed E-state index contributed by atoms with van der Waals surface area (Å²) >= 11 is 1.50. The van der Waals surface area contributed by atoms with Crippen LogP contribution in [0.5, 0.6) is 0 Å². The van der Waals surface area contributed by atoms with E-state index in [1.54, 1.807) is 12.0 Å². The molecule has 1 amide bonds. The highest BCUT2D eigenvalue weighted by Crippen LogP contribution is 2.26. The van der Waals surface area contributed by atoms with Crippen molar-refractivity contribution < 1.29 is 19.4 Å². The molecule has 25 heavy (non-hydrogen) atoms. The molecule has 0 saturated carbocycles. The van der Waals surface area contributed by atoms with Crippen LogP contribution < -0.4 is 0 Å². The van der Waals surface area contributed by atoms with Gasteiger partial charge in [0.25, 0.3) is 0 Å². The summed E-state index contributed by atoms with van der Waals surface area (Å²) in [6.45, 7) is 0.433. The fourth-order valence-corrected chi connectivity index (χ4v) is 3.93. The zero-order valence-corrected chi connectivity index (χ0v) is 14.7. The Bertz CT molecular complexity index is 747. The Labute approximate surface area is 150 Å². The summed E-state index contributed by atoms with van der Waals surface area (Å²) in [7, 11) is 1.59. The van der Waals surface area contributed by atoms with E-state index in [0.717, 1.165) is 10.6 Å². The number of thiazole rings is 1. The highest BCUT2D eigenvalue weighted by molar-refractivity contribution is 7.13. The SMILES string of the molecule is COC1CC(CC(=O)O)N(C(=O)Cc2csc(-c3ccccc3)n2)C1. The maximum atomic E-state index is 12.7. The number of hydrogen-bond acceptors (Lipinski definition) is 5. The first-order chi connectivity index (χ1) is 12.1. The van der Waals surface area contributed by atoms with Gasteiger partial charge in [0.2, 0.25) is 5.91 Å². The number of amides is 1. The Hall–Kier alpha value is -2.25. The van der Waals surface area contributed by atoms with Crippen molar-refractivity contribution in [3.05, 3.63) is 41.4 Å². The van der Waals surface area contributed by atoms with Gasteiger partial charge in [-0.3, -0.25) is 9.59 Å². The number of ether oxygens (including phenoxy) is 1. The fraction of sp³-hybridized carbons (Fsp3) is 0.389. The molecule has 0 spiro atoms. The number of carboxylic acids is 1. The van der Waals surface area contributed by atoms with Crippen molar-refractivity contribution in [3.63, 3.8) is 0 Å². The minimum atomic E-state index is -0.903. The first-order valence-corrected chi connectivity index (χ1v) is 8.98.